The van der Waals surface area contributed by atoms with Crippen LogP contribution in [-0.4, -0.2) is 23.9 Å². The van der Waals surface area contributed by atoms with Crippen LogP contribution in [-0.2, 0) is 4.74 Å². The number of esters is 1. The molecule has 3 rings (SSSR count). The standard InChI is InChI=1S/C22H20ClNO4/c1-2-3-12-27-22(26)19-13-15(4-10-20(19)23)21-11-9-18(28-21)14-24-16-5-7-17(25)8-6-16/h4-11,13-14,25H,2-3,12H2,1H3. The van der Waals surface area contributed by atoms with Gasteiger partial charge in [0, 0.05) is 5.56 Å². The van der Waals surface area contributed by atoms with Gasteiger partial charge in [-0.2, -0.15) is 0 Å². The molecule has 0 aliphatic rings. The Kier molecular flexibility index (Phi) is 6.50. The van der Waals surface area contributed by atoms with Crippen molar-refractivity contribution in [3.63, 3.8) is 0 Å². The van der Waals surface area contributed by atoms with Gasteiger partial charge >= 0.3 is 5.97 Å². The van der Waals surface area contributed by atoms with Gasteiger partial charge in [-0.25, -0.2) is 4.79 Å². The van der Waals surface area contributed by atoms with Gasteiger partial charge < -0.3 is 14.3 Å². The van der Waals surface area contributed by atoms with Crippen molar-refractivity contribution in [2.75, 3.05) is 6.61 Å². The number of carbonyl (C=O) groups excluding carboxylic acids is 1. The van der Waals surface area contributed by atoms with Crippen LogP contribution < -0.4 is 0 Å². The van der Waals surface area contributed by atoms with Gasteiger partial charge in [-0.1, -0.05) is 24.9 Å². The smallest absolute Gasteiger partial charge is 0.339 e. The Morgan fingerprint density at radius 1 is 1.18 bits per heavy atom. The zero-order valence-electron chi connectivity index (χ0n) is 15.4. The average Bonchev–Trinajstić information content (AvgIpc) is 3.17. The Balaban J connectivity index is 1.76. The highest BCUT2D eigenvalue weighted by atomic mass is 35.5. The highest BCUT2D eigenvalue weighted by molar-refractivity contribution is 6.33. The molecular formula is C22H20ClNO4. The first-order valence-corrected chi connectivity index (χ1v) is 9.34. The molecule has 1 heterocycles. The van der Waals surface area contributed by atoms with Crippen LogP contribution in [0.2, 0.25) is 5.02 Å². The zero-order valence-corrected chi connectivity index (χ0v) is 16.1. The minimum Gasteiger partial charge on any atom is -0.508 e. The number of unbranched alkanes of at least 4 members (excludes halogenated alkanes) is 1. The predicted molar refractivity (Wildman–Crippen MR) is 110 cm³/mol. The molecule has 0 spiro atoms. The lowest BCUT2D eigenvalue weighted by Crippen LogP contribution is -2.07. The molecule has 0 saturated heterocycles. The maximum Gasteiger partial charge on any atom is 0.339 e. The van der Waals surface area contributed by atoms with Crippen LogP contribution >= 0.6 is 11.6 Å². The van der Waals surface area contributed by atoms with Crippen LogP contribution in [0.1, 0.15) is 35.9 Å². The van der Waals surface area contributed by atoms with E-state index in [1.807, 2.05) is 6.92 Å². The summed E-state index contributed by atoms with van der Waals surface area (Å²) in [5.41, 5.74) is 1.72. The fourth-order valence-corrected chi connectivity index (χ4v) is 2.67. The van der Waals surface area contributed by atoms with E-state index in [9.17, 15) is 9.90 Å². The molecule has 28 heavy (non-hydrogen) atoms. The normalized spacial score (nSPS) is 11.1. The van der Waals surface area contributed by atoms with E-state index >= 15 is 0 Å². The molecule has 0 aliphatic heterocycles. The summed E-state index contributed by atoms with van der Waals surface area (Å²) in [4.78, 5) is 16.5. The van der Waals surface area contributed by atoms with Gasteiger partial charge in [0.25, 0.3) is 0 Å². The quantitative estimate of drug-likeness (QED) is 0.301. The molecule has 1 aromatic heterocycles. The third-order valence-electron chi connectivity index (χ3n) is 4.02. The number of hydrogen-bond donors (Lipinski definition) is 1. The number of nitrogens with zero attached hydrogens (tertiary/aromatic N) is 1. The van der Waals surface area contributed by atoms with Crippen LogP contribution in [0.5, 0.6) is 5.75 Å². The lowest BCUT2D eigenvalue weighted by Gasteiger charge is -2.07. The molecule has 0 amide bonds. The lowest BCUT2D eigenvalue weighted by molar-refractivity contribution is 0.0500. The summed E-state index contributed by atoms with van der Waals surface area (Å²) < 4.78 is 11.0. The topological polar surface area (TPSA) is 72.0 Å². The Hall–Kier alpha value is -3.05. The maximum atomic E-state index is 12.2. The Morgan fingerprint density at radius 3 is 2.71 bits per heavy atom. The first kappa shape index (κ1) is 19.7. The third-order valence-corrected chi connectivity index (χ3v) is 4.35. The number of aromatic hydroxyl groups is 1. The summed E-state index contributed by atoms with van der Waals surface area (Å²) in [6.45, 7) is 2.40. The maximum absolute atomic E-state index is 12.2. The van der Waals surface area contributed by atoms with Crippen molar-refractivity contribution in [1.82, 2.24) is 0 Å². The number of benzene rings is 2. The SMILES string of the molecule is CCCCOC(=O)c1cc(-c2ccc(C=Nc3ccc(O)cc3)o2)ccc1Cl. The van der Waals surface area contributed by atoms with Gasteiger partial charge in [-0.15, -0.1) is 0 Å². The second-order valence-electron chi connectivity index (χ2n) is 6.16. The van der Waals surface area contributed by atoms with Crippen LogP contribution in [0.25, 0.3) is 11.3 Å². The zero-order chi connectivity index (χ0) is 19.9. The average molecular weight is 398 g/mol. The number of ether oxygens (including phenoxy) is 1. The van der Waals surface area contributed by atoms with Gasteiger partial charge in [-0.05, 0) is 61.0 Å². The Morgan fingerprint density at radius 2 is 1.96 bits per heavy atom. The van der Waals surface area contributed by atoms with Crippen molar-refractivity contribution < 1.29 is 19.1 Å². The molecule has 1 N–H and O–H groups in total. The summed E-state index contributed by atoms with van der Waals surface area (Å²) >= 11 is 6.15. The molecule has 144 valence electrons. The highest BCUT2D eigenvalue weighted by Gasteiger charge is 2.14. The van der Waals surface area contributed by atoms with Crippen molar-refractivity contribution in [3.05, 3.63) is 70.9 Å². The van der Waals surface area contributed by atoms with Gasteiger partial charge in [-0.3, -0.25) is 4.99 Å². The van der Waals surface area contributed by atoms with Crippen molar-refractivity contribution >= 4 is 29.5 Å². The lowest BCUT2D eigenvalue weighted by atomic mass is 10.1. The third kappa shape index (κ3) is 5.02. The molecule has 0 bridgehead atoms. The molecule has 6 heteroatoms. The van der Waals surface area contributed by atoms with Gasteiger partial charge in [0.1, 0.15) is 17.3 Å². The molecule has 0 aliphatic carbocycles. The Bertz CT molecular complexity index is 976. The van der Waals surface area contributed by atoms with Crippen molar-refractivity contribution in [1.29, 1.82) is 0 Å². The van der Waals surface area contributed by atoms with E-state index in [0.717, 1.165) is 18.4 Å². The highest BCUT2D eigenvalue weighted by Crippen LogP contribution is 2.27. The number of halogens is 1. The largest absolute Gasteiger partial charge is 0.508 e. The first-order chi connectivity index (χ1) is 13.6. The van der Waals surface area contributed by atoms with Crippen LogP contribution in [0, 0.1) is 0 Å². The van der Waals surface area contributed by atoms with E-state index in [1.165, 1.54) is 0 Å². The molecule has 2 aromatic carbocycles. The van der Waals surface area contributed by atoms with Gasteiger partial charge in [0.05, 0.1) is 29.1 Å². The molecule has 3 aromatic rings. The van der Waals surface area contributed by atoms with E-state index < -0.39 is 5.97 Å². The predicted octanol–water partition coefficient (Wildman–Crippen LogP) is 6.01. The summed E-state index contributed by atoms with van der Waals surface area (Å²) in [6, 6.07) is 15.2. The molecule has 0 unspecified atom stereocenters. The number of furan rings is 1. The summed E-state index contributed by atoms with van der Waals surface area (Å²) in [6.07, 6.45) is 3.35. The number of carbonyl (C=O) groups is 1. The fraction of sp³-hybridized carbons (Fsp3) is 0.182. The van der Waals surface area contributed by atoms with Crippen LogP contribution in [0.3, 0.4) is 0 Å². The molecule has 0 radical (unpaired) electrons. The first-order valence-electron chi connectivity index (χ1n) is 8.97. The van der Waals surface area contributed by atoms with E-state index in [1.54, 1.807) is 60.8 Å². The monoisotopic (exact) mass is 397 g/mol. The van der Waals surface area contributed by atoms with Crippen LogP contribution in [0.4, 0.5) is 5.69 Å². The van der Waals surface area contributed by atoms with Crippen molar-refractivity contribution in [2.45, 2.75) is 19.8 Å². The second-order valence-corrected chi connectivity index (χ2v) is 6.57. The minimum atomic E-state index is -0.444. The van der Waals surface area contributed by atoms with Crippen molar-refractivity contribution in [3.8, 4) is 17.1 Å². The summed E-state index contributed by atoms with van der Waals surface area (Å²) in [5, 5.41) is 9.64. The van der Waals surface area contributed by atoms with Crippen molar-refractivity contribution in [2.24, 2.45) is 4.99 Å². The van der Waals surface area contributed by atoms with E-state index in [0.29, 0.717) is 34.4 Å². The molecular weight excluding hydrogens is 378 g/mol. The summed E-state index contributed by atoms with van der Waals surface area (Å²) in [7, 11) is 0. The summed E-state index contributed by atoms with van der Waals surface area (Å²) in [5.74, 6) is 0.892. The number of aliphatic imine (C=N–C) groups is 1. The van der Waals surface area contributed by atoms with Crippen LogP contribution in [0.15, 0.2) is 64.0 Å². The van der Waals surface area contributed by atoms with E-state index in [-0.39, 0.29) is 5.75 Å². The fourth-order valence-electron chi connectivity index (χ4n) is 2.48. The number of rotatable bonds is 7. The van der Waals surface area contributed by atoms with E-state index in [2.05, 4.69) is 4.99 Å². The molecule has 0 atom stereocenters. The minimum absolute atomic E-state index is 0.186. The number of phenolic OH excluding ortho intramolecular Hbond substituents is 1. The number of phenols is 1. The molecule has 0 fully saturated rings. The van der Waals surface area contributed by atoms with Gasteiger partial charge in [0.15, 0.2) is 0 Å². The number of hydrogen-bond acceptors (Lipinski definition) is 5. The second kappa shape index (κ2) is 9.24. The molecule has 0 saturated carbocycles. The molecule has 5 nitrogen and oxygen atoms in total. The van der Waals surface area contributed by atoms with Gasteiger partial charge in [0.2, 0.25) is 0 Å². The van der Waals surface area contributed by atoms with E-state index in [4.69, 9.17) is 20.8 Å². The Labute approximate surface area is 168 Å².